The van der Waals surface area contributed by atoms with Gasteiger partial charge in [0.1, 0.15) is 0 Å². The smallest absolute Gasteiger partial charge is 0.274 e. The number of sulfone groups is 1. The Morgan fingerprint density at radius 2 is 1.79 bits per heavy atom. The Balaban J connectivity index is 1.31. The average Bonchev–Trinajstić information content (AvgIpc) is 3.57. The van der Waals surface area contributed by atoms with Gasteiger partial charge < -0.3 is 14.4 Å². The van der Waals surface area contributed by atoms with Crippen LogP contribution in [0, 0.1) is 6.92 Å². The molecule has 7 rings (SSSR count). The second-order valence-corrected chi connectivity index (χ2v) is 13.1. The maximum atomic E-state index is 13.9. The van der Waals surface area contributed by atoms with Crippen molar-refractivity contribution in [2.45, 2.75) is 42.6 Å². The molecule has 3 aromatic rings. The maximum absolute atomic E-state index is 13.9. The van der Waals surface area contributed by atoms with Crippen LogP contribution in [0.25, 0.3) is 16.9 Å². The summed E-state index contributed by atoms with van der Waals surface area (Å²) in [6.45, 7) is 7.52. The van der Waals surface area contributed by atoms with E-state index in [2.05, 4.69) is 17.0 Å². The standard InChI is InChI=1S/C29H32N4O5S/c1-20-2-7-23-25(16-20)39(35,36)18-24-26(28(34)32-12-15-38-29(19-32)8-9-29)30-33(27(23)24)22-5-3-21(4-6-22)17-31-10-13-37-14-11-31/h2-7,16H,8-15,17-19H2,1H3. The molecule has 204 valence electrons. The van der Waals surface area contributed by atoms with E-state index in [-0.39, 0.29) is 23.0 Å². The molecule has 10 heteroatoms. The van der Waals surface area contributed by atoms with Gasteiger partial charge in [0.25, 0.3) is 5.91 Å². The number of aromatic nitrogens is 2. The van der Waals surface area contributed by atoms with Crippen molar-refractivity contribution >= 4 is 15.7 Å². The molecule has 39 heavy (non-hydrogen) atoms. The molecule has 1 saturated carbocycles. The number of rotatable bonds is 4. The molecule has 1 aliphatic carbocycles. The molecule has 0 radical (unpaired) electrons. The third-order valence-electron chi connectivity index (χ3n) is 8.28. The molecule has 1 spiro atoms. The van der Waals surface area contributed by atoms with E-state index in [0.717, 1.165) is 56.9 Å². The van der Waals surface area contributed by atoms with Crippen LogP contribution in [-0.4, -0.2) is 85.5 Å². The number of ether oxygens (including phenoxy) is 2. The Hall–Kier alpha value is -3.05. The van der Waals surface area contributed by atoms with Crippen LogP contribution in [-0.2, 0) is 31.6 Å². The van der Waals surface area contributed by atoms with Gasteiger partial charge in [-0.25, -0.2) is 13.1 Å². The third-order valence-corrected chi connectivity index (χ3v) is 9.96. The molecule has 2 aromatic carbocycles. The minimum atomic E-state index is -3.63. The summed E-state index contributed by atoms with van der Waals surface area (Å²) in [7, 11) is -3.63. The first-order chi connectivity index (χ1) is 18.8. The van der Waals surface area contributed by atoms with E-state index in [1.807, 2.05) is 31.2 Å². The number of benzene rings is 2. The second kappa shape index (κ2) is 9.26. The first kappa shape index (κ1) is 25.0. The van der Waals surface area contributed by atoms with Gasteiger partial charge in [-0.1, -0.05) is 24.3 Å². The molecule has 0 atom stereocenters. The predicted octanol–water partition coefficient (Wildman–Crippen LogP) is 2.97. The Bertz CT molecular complexity index is 1550. The molecule has 0 bridgehead atoms. The second-order valence-electron chi connectivity index (χ2n) is 11.2. The Kier molecular flexibility index (Phi) is 5.93. The zero-order valence-electron chi connectivity index (χ0n) is 22.1. The highest BCUT2D eigenvalue weighted by Gasteiger charge is 2.49. The van der Waals surface area contributed by atoms with Gasteiger partial charge >= 0.3 is 0 Å². The molecule has 1 amide bonds. The minimum absolute atomic E-state index is 0.217. The summed E-state index contributed by atoms with van der Waals surface area (Å²) >= 11 is 0. The van der Waals surface area contributed by atoms with E-state index < -0.39 is 9.84 Å². The molecule has 3 fully saturated rings. The summed E-state index contributed by atoms with van der Waals surface area (Å²) in [6, 6.07) is 13.6. The van der Waals surface area contributed by atoms with Crippen molar-refractivity contribution in [2.24, 2.45) is 0 Å². The van der Waals surface area contributed by atoms with Crippen LogP contribution >= 0.6 is 0 Å². The normalized spacial score (nSPS) is 21.4. The van der Waals surface area contributed by atoms with Crippen molar-refractivity contribution in [1.82, 2.24) is 19.6 Å². The lowest BCUT2D eigenvalue weighted by atomic mass is 10.0. The quantitative estimate of drug-likeness (QED) is 0.495. The predicted molar refractivity (Wildman–Crippen MR) is 145 cm³/mol. The van der Waals surface area contributed by atoms with Gasteiger partial charge in [-0.05, 0) is 49.1 Å². The summed E-state index contributed by atoms with van der Waals surface area (Å²) < 4.78 is 40.0. The number of nitrogens with zero attached hydrogens (tertiary/aromatic N) is 4. The molecular formula is C29H32N4O5S. The first-order valence-corrected chi connectivity index (χ1v) is 15.3. The van der Waals surface area contributed by atoms with Crippen LogP contribution in [0.5, 0.6) is 0 Å². The van der Waals surface area contributed by atoms with Crippen molar-refractivity contribution < 1.29 is 22.7 Å². The number of hydrogen-bond acceptors (Lipinski definition) is 7. The van der Waals surface area contributed by atoms with E-state index in [1.165, 1.54) is 5.56 Å². The number of hydrogen-bond donors (Lipinski definition) is 0. The van der Waals surface area contributed by atoms with Gasteiger partial charge in [-0.3, -0.25) is 9.69 Å². The molecular weight excluding hydrogens is 516 g/mol. The zero-order chi connectivity index (χ0) is 26.8. The topological polar surface area (TPSA) is 94.0 Å². The van der Waals surface area contributed by atoms with Crippen molar-refractivity contribution in [3.05, 3.63) is 64.8 Å². The monoisotopic (exact) mass is 548 g/mol. The fourth-order valence-corrected chi connectivity index (χ4v) is 7.62. The summed E-state index contributed by atoms with van der Waals surface area (Å²) in [5.74, 6) is -0.473. The Morgan fingerprint density at radius 1 is 1.03 bits per heavy atom. The van der Waals surface area contributed by atoms with Gasteiger partial charge in [0.15, 0.2) is 15.5 Å². The van der Waals surface area contributed by atoms with Gasteiger partial charge in [0.05, 0.1) is 54.0 Å². The summed E-state index contributed by atoms with van der Waals surface area (Å²) in [5, 5.41) is 4.83. The zero-order valence-corrected chi connectivity index (χ0v) is 22.9. The number of carbonyl (C=O) groups is 1. The van der Waals surface area contributed by atoms with Gasteiger partial charge in [-0.15, -0.1) is 0 Å². The molecule has 2 saturated heterocycles. The largest absolute Gasteiger partial charge is 0.379 e. The van der Waals surface area contributed by atoms with Crippen LogP contribution < -0.4 is 0 Å². The van der Waals surface area contributed by atoms with E-state index in [4.69, 9.17) is 14.6 Å². The fraction of sp³-hybridized carbons (Fsp3) is 0.448. The summed E-state index contributed by atoms with van der Waals surface area (Å²) in [5.41, 5.74) is 4.58. The minimum Gasteiger partial charge on any atom is -0.379 e. The van der Waals surface area contributed by atoms with Crippen LogP contribution in [0.1, 0.15) is 40.0 Å². The molecule has 0 unspecified atom stereocenters. The lowest BCUT2D eigenvalue weighted by Gasteiger charge is -2.33. The number of amides is 1. The van der Waals surface area contributed by atoms with Gasteiger partial charge in [-0.2, -0.15) is 5.10 Å². The molecule has 1 aromatic heterocycles. The average molecular weight is 549 g/mol. The SMILES string of the molecule is Cc1ccc2c(c1)S(=O)(=O)Cc1c(C(=O)N3CCOC4(CC4)C3)nn(-c3ccc(CN4CCOCC4)cc3)c1-2. The van der Waals surface area contributed by atoms with Crippen molar-refractivity contribution in [3.63, 3.8) is 0 Å². The summed E-state index contributed by atoms with van der Waals surface area (Å²) in [4.78, 5) is 18.3. The molecule has 9 nitrogen and oxygen atoms in total. The van der Waals surface area contributed by atoms with E-state index >= 15 is 0 Å². The third kappa shape index (κ3) is 4.49. The Labute approximate surface area is 228 Å². The highest BCUT2D eigenvalue weighted by Crippen LogP contribution is 2.44. The Morgan fingerprint density at radius 3 is 2.54 bits per heavy atom. The number of carbonyl (C=O) groups excluding carboxylic acids is 1. The van der Waals surface area contributed by atoms with Gasteiger partial charge in [0.2, 0.25) is 0 Å². The van der Waals surface area contributed by atoms with Crippen molar-refractivity contribution in [3.8, 4) is 16.9 Å². The van der Waals surface area contributed by atoms with Crippen molar-refractivity contribution in [2.75, 3.05) is 46.0 Å². The van der Waals surface area contributed by atoms with E-state index in [0.29, 0.717) is 41.4 Å². The highest BCUT2D eigenvalue weighted by molar-refractivity contribution is 7.90. The van der Waals surface area contributed by atoms with Crippen LogP contribution in [0.15, 0.2) is 47.4 Å². The number of morpholine rings is 2. The van der Waals surface area contributed by atoms with Crippen molar-refractivity contribution in [1.29, 1.82) is 0 Å². The highest BCUT2D eigenvalue weighted by atomic mass is 32.2. The molecule has 3 aliphatic heterocycles. The lowest BCUT2D eigenvalue weighted by Crippen LogP contribution is -2.47. The summed E-state index contributed by atoms with van der Waals surface area (Å²) in [6.07, 6.45) is 1.89. The van der Waals surface area contributed by atoms with Crippen LogP contribution in [0.3, 0.4) is 0 Å². The fourth-order valence-electron chi connectivity index (χ4n) is 5.94. The molecule has 4 aliphatic rings. The first-order valence-electron chi connectivity index (χ1n) is 13.6. The number of aryl methyl sites for hydroxylation is 1. The van der Waals surface area contributed by atoms with Gasteiger partial charge in [0, 0.05) is 37.3 Å². The molecule has 4 heterocycles. The lowest BCUT2D eigenvalue weighted by molar-refractivity contribution is -0.0377. The maximum Gasteiger partial charge on any atom is 0.274 e. The van der Waals surface area contributed by atoms with Crippen LogP contribution in [0.2, 0.25) is 0 Å². The van der Waals surface area contributed by atoms with E-state index in [1.54, 1.807) is 15.6 Å². The molecule has 0 N–H and O–H groups in total. The van der Waals surface area contributed by atoms with Crippen LogP contribution in [0.4, 0.5) is 0 Å². The van der Waals surface area contributed by atoms with E-state index in [9.17, 15) is 13.2 Å². The number of fused-ring (bicyclic) bond motifs is 3.